The molecule has 0 aliphatic carbocycles. The third kappa shape index (κ3) is 5.20. The van der Waals surface area contributed by atoms with E-state index in [1.165, 1.54) is 29.7 Å². The van der Waals surface area contributed by atoms with Gasteiger partial charge in [0.1, 0.15) is 12.3 Å². The fraction of sp³-hybridized carbons (Fsp3) is 0.391. The van der Waals surface area contributed by atoms with Crippen LogP contribution in [0.15, 0.2) is 47.6 Å². The van der Waals surface area contributed by atoms with E-state index in [1.807, 2.05) is 43.3 Å². The Morgan fingerprint density at radius 3 is 2.43 bits per heavy atom. The van der Waals surface area contributed by atoms with E-state index in [0.717, 1.165) is 37.2 Å². The van der Waals surface area contributed by atoms with Gasteiger partial charge in [0.05, 0.1) is 18.8 Å². The molecule has 1 amide bonds. The van der Waals surface area contributed by atoms with Gasteiger partial charge in [0.15, 0.2) is 0 Å². The zero-order chi connectivity index (χ0) is 19.9. The number of nitrogens with zero attached hydrogens (tertiary/aromatic N) is 1. The first-order valence-corrected chi connectivity index (χ1v) is 10.2. The molecule has 0 spiro atoms. The Balaban J connectivity index is 1.67. The van der Waals surface area contributed by atoms with Crippen molar-refractivity contribution < 1.29 is 14.8 Å². The van der Waals surface area contributed by atoms with E-state index in [0.29, 0.717) is 17.0 Å². The average molecular weight is 381 g/mol. The topological polar surface area (TPSA) is 66.1 Å². The van der Waals surface area contributed by atoms with Crippen LogP contribution < -0.4 is 10.3 Å². The zero-order valence-electron chi connectivity index (χ0n) is 16.8. The number of likely N-dealkylation sites (tertiary alicyclic amines) is 1. The summed E-state index contributed by atoms with van der Waals surface area (Å²) in [5.41, 5.74) is 6.98. The number of benzene rings is 2. The van der Waals surface area contributed by atoms with E-state index in [4.69, 9.17) is 0 Å². The number of carbonyl (C=O) groups excluding carboxylic acids is 1. The van der Waals surface area contributed by atoms with Gasteiger partial charge in [0.2, 0.25) is 0 Å². The first-order valence-electron chi connectivity index (χ1n) is 10.2. The van der Waals surface area contributed by atoms with Crippen LogP contribution in [-0.4, -0.2) is 29.8 Å². The maximum atomic E-state index is 12.3. The van der Waals surface area contributed by atoms with E-state index in [1.54, 1.807) is 6.07 Å². The van der Waals surface area contributed by atoms with Gasteiger partial charge in [-0.25, -0.2) is 5.43 Å². The number of aromatic hydroxyl groups is 1. The molecule has 0 unspecified atom stereocenters. The van der Waals surface area contributed by atoms with Gasteiger partial charge in [0.25, 0.3) is 5.91 Å². The lowest BCUT2D eigenvalue weighted by atomic mass is 10.0. The van der Waals surface area contributed by atoms with Crippen LogP contribution in [0.2, 0.25) is 0 Å². The Kier molecular flexibility index (Phi) is 6.82. The number of phenols is 1. The summed E-state index contributed by atoms with van der Waals surface area (Å²) in [6.45, 7) is 7.09. The standard InChI is InChI=1S/C23H29N3O2/c1-3-18-7-9-19(10-8-18)23(28)25-24-17(2)20-11-12-22(27)21(15-20)16-26-13-5-4-6-14-26/h7-12,15,27H,3-6,13-14,16H2,1-2H3,(H,25,28)/p+1/b24-17+. The van der Waals surface area contributed by atoms with Crippen molar-refractivity contribution >= 4 is 11.6 Å². The fourth-order valence-electron chi connectivity index (χ4n) is 3.61. The first-order chi connectivity index (χ1) is 13.6. The number of hydrogen-bond acceptors (Lipinski definition) is 3. The molecule has 3 N–H and O–H groups in total. The van der Waals surface area contributed by atoms with Crippen molar-refractivity contribution in [3.05, 3.63) is 64.7 Å². The number of phenolic OH excluding ortho intramolecular Hbond substituents is 1. The molecular formula is C23H30N3O2+. The third-order valence-corrected chi connectivity index (χ3v) is 5.45. The number of nitrogens with one attached hydrogen (secondary N) is 2. The summed E-state index contributed by atoms with van der Waals surface area (Å²) in [5, 5.41) is 14.5. The van der Waals surface area contributed by atoms with Crippen LogP contribution in [0.4, 0.5) is 0 Å². The van der Waals surface area contributed by atoms with Crippen molar-refractivity contribution in [1.29, 1.82) is 0 Å². The molecule has 3 rings (SSSR count). The minimum Gasteiger partial charge on any atom is -0.507 e. The Morgan fingerprint density at radius 1 is 1.07 bits per heavy atom. The molecule has 28 heavy (non-hydrogen) atoms. The number of aryl methyl sites for hydroxylation is 1. The largest absolute Gasteiger partial charge is 0.507 e. The van der Waals surface area contributed by atoms with Crippen LogP contribution in [0.25, 0.3) is 0 Å². The van der Waals surface area contributed by atoms with Crippen molar-refractivity contribution in [3.8, 4) is 5.75 Å². The highest BCUT2D eigenvalue weighted by Crippen LogP contribution is 2.18. The molecule has 1 fully saturated rings. The zero-order valence-corrected chi connectivity index (χ0v) is 16.8. The number of hydrogen-bond donors (Lipinski definition) is 3. The summed E-state index contributed by atoms with van der Waals surface area (Å²) in [6.07, 6.45) is 4.76. The van der Waals surface area contributed by atoms with Crippen molar-refractivity contribution in [2.24, 2.45) is 5.10 Å². The van der Waals surface area contributed by atoms with Gasteiger partial charge in [-0.05, 0) is 74.1 Å². The summed E-state index contributed by atoms with van der Waals surface area (Å²) >= 11 is 0. The molecule has 1 heterocycles. The summed E-state index contributed by atoms with van der Waals surface area (Å²) in [5.74, 6) is 0.105. The molecule has 5 nitrogen and oxygen atoms in total. The first kappa shape index (κ1) is 20.1. The predicted octanol–water partition coefficient (Wildman–Crippen LogP) is 2.68. The lowest BCUT2D eigenvalue weighted by Crippen LogP contribution is -3.11. The van der Waals surface area contributed by atoms with E-state index >= 15 is 0 Å². The van der Waals surface area contributed by atoms with Crippen LogP contribution in [0.1, 0.15) is 60.2 Å². The van der Waals surface area contributed by atoms with Crippen LogP contribution in [0.3, 0.4) is 0 Å². The number of hydrazone groups is 1. The molecule has 2 aromatic rings. The minimum atomic E-state index is -0.223. The number of rotatable bonds is 6. The number of amides is 1. The van der Waals surface area contributed by atoms with E-state index in [-0.39, 0.29) is 5.91 Å². The van der Waals surface area contributed by atoms with E-state index in [9.17, 15) is 9.90 Å². The number of quaternary nitrogens is 1. The molecule has 0 atom stereocenters. The second-order valence-electron chi connectivity index (χ2n) is 7.52. The highest BCUT2D eigenvalue weighted by Gasteiger charge is 2.16. The smallest absolute Gasteiger partial charge is 0.271 e. The Morgan fingerprint density at radius 2 is 1.75 bits per heavy atom. The fourth-order valence-corrected chi connectivity index (χ4v) is 3.61. The Hall–Kier alpha value is -2.66. The average Bonchev–Trinajstić information content (AvgIpc) is 2.74. The van der Waals surface area contributed by atoms with Crippen LogP contribution in [0, 0.1) is 0 Å². The second-order valence-corrected chi connectivity index (χ2v) is 7.52. The second kappa shape index (κ2) is 9.51. The molecule has 5 heteroatoms. The van der Waals surface area contributed by atoms with Crippen molar-refractivity contribution in [2.75, 3.05) is 13.1 Å². The van der Waals surface area contributed by atoms with Gasteiger partial charge in [-0.1, -0.05) is 19.1 Å². The Bertz CT molecular complexity index is 837. The Labute approximate surface area is 167 Å². The molecule has 1 aliphatic rings. The third-order valence-electron chi connectivity index (χ3n) is 5.45. The number of piperidine rings is 1. The molecule has 1 aliphatic heterocycles. The molecule has 1 saturated heterocycles. The van der Waals surface area contributed by atoms with Gasteiger partial charge in [-0.2, -0.15) is 5.10 Å². The molecule has 0 radical (unpaired) electrons. The van der Waals surface area contributed by atoms with Crippen molar-refractivity contribution in [1.82, 2.24) is 5.43 Å². The predicted molar refractivity (Wildman–Crippen MR) is 112 cm³/mol. The highest BCUT2D eigenvalue weighted by molar-refractivity contribution is 6.01. The number of carbonyl (C=O) groups is 1. The summed E-state index contributed by atoms with van der Waals surface area (Å²) in [4.78, 5) is 13.8. The lowest BCUT2D eigenvalue weighted by molar-refractivity contribution is -0.918. The van der Waals surface area contributed by atoms with E-state index < -0.39 is 0 Å². The van der Waals surface area contributed by atoms with Gasteiger partial charge < -0.3 is 10.0 Å². The molecule has 148 valence electrons. The summed E-state index contributed by atoms with van der Waals surface area (Å²) in [7, 11) is 0. The molecule has 2 aromatic carbocycles. The van der Waals surface area contributed by atoms with Crippen molar-refractivity contribution in [2.45, 2.75) is 46.1 Å². The van der Waals surface area contributed by atoms with E-state index in [2.05, 4.69) is 17.5 Å². The van der Waals surface area contributed by atoms with Gasteiger partial charge in [-0.15, -0.1) is 0 Å². The normalized spacial score (nSPS) is 15.4. The monoisotopic (exact) mass is 380 g/mol. The van der Waals surface area contributed by atoms with Crippen molar-refractivity contribution in [3.63, 3.8) is 0 Å². The molecule has 0 bridgehead atoms. The van der Waals surface area contributed by atoms with Gasteiger partial charge >= 0.3 is 0 Å². The van der Waals surface area contributed by atoms with Crippen LogP contribution in [-0.2, 0) is 13.0 Å². The SMILES string of the molecule is CCc1ccc(C(=O)N/N=C(\C)c2ccc(O)c(C[NH+]3CCCCC3)c2)cc1. The molecular weight excluding hydrogens is 350 g/mol. The molecule has 0 saturated carbocycles. The van der Waals surface area contributed by atoms with Crippen LogP contribution in [0.5, 0.6) is 5.75 Å². The van der Waals surface area contributed by atoms with Gasteiger partial charge in [-0.3, -0.25) is 4.79 Å². The summed E-state index contributed by atoms with van der Waals surface area (Å²) < 4.78 is 0. The van der Waals surface area contributed by atoms with Crippen LogP contribution >= 0.6 is 0 Å². The van der Waals surface area contributed by atoms with Gasteiger partial charge in [0, 0.05) is 11.1 Å². The minimum absolute atomic E-state index is 0.223. The maximum Gasteiger partial charge on any atom is 0.271 e. The lowest BCUT2D eigenvalue weighted by Gasteiger charge is -2.24. The quantitative estimate of drug-likeness (QED) is 0.533. The maximum absolute atomic E-state index is 12.3. The molecule has 0 aromatic heterocycles. The highest BCUT2D eigenvalue weighted by atomic mass is 16.3. The summed E-state index contributed by atoms with van der Waals surface area (Å²) in [6, 6.07) is 13.1.